The second-order valence-corrected chi connectivity index (χ2v) is 9.81. The number of aryl methyl sites for hydroxylation is 2. The van der Waals surface area contributed by atoms with Crippen LogP contribution in [0.5, 0.6) is 5.75 Å². The molecule has 0 aromatic heterocycles. The Morgan fingerprint density at radius 3 is 2.47 bits per heavy atom. The van der Waals surface area contributed by atoms with Crippen molar-refractivity contribution in [1.82, 2.24) is 4.72 Å². The summed E-state index contributed by atoms with van der Waals surface area (Å²) in [5.74, 6) is -0.0755. The van der Waals surface area contributed by atoms with Crippen LogP contribution in [0.25, 0.3) is 0 Å². The van der Waals surface area contributed by atoms with Gasteiger partial charge in [0.25, 0.3) is 5.91 Å². The Balaban J connectivity index is 1.59. The first-order valence-corrected chi connectivity index (χ1v) is 11.9. The van der Waals surface area contributed by atoms with Crippen LogP contribution in [-0.2, 0) is 14.8 Å². The van der Waals surface area contributed by atoms with E-state index < -0.39 is 10.0 Å². The molecule has 0 spiro atoms. The number of carbonyl (C=O) groups is 1. The minimum atomic E-state index is -3.65. The average Bonchev–Trinajstić information content (AvgIpc) is 2.70. The molecule has 6 nitrogen and oxygen atoms in total. The van der Waals surface area contributed by atoms with Crippen LogP contribution in [0.1, 0.15) is 43.2 Å². The molecule has 1 fully saturated rings. The summed E-state index contributed by atoms with van der Waals surface area (Å²) in [6, 6.07) is 9.87. The topological polar surface area (TPSA) is 84.5 Å². The zero-order valence-corrected chi connectivity index (χ0v) is 18.8. The van der Waals surface area contributed by atoms with Gasteiger partial charge in [0.05, 0.1) is 9.92 Å². The highest BCUT2D eigenvalue weighted by Crippen LogP contribution is 2.28. The van der Waals surface area contributed by atoms with Crippen molar-refractivity contribution in [2.75, 3.05) is 11.9 Å². The molecule has 0 saturated heterocycles. The standard InChI is InChI=1S/C22H27ClN2O4S/c1-15-8-9-18(12-16(15)2)24-22(26)14-29-21-11-10-19(13-20(21)23)30(27,28)25-17-6-4-3-5-7-17/h8-13,17,25H,3-7,14H2,1-2H3,(H,24,26). The van der Waals surface area contributed by atoms with Gasteiger partial charge in [0.15, 0.2) is 6.61 Å². The van der Waals surface area contributed by atoms with E-state index in [0.29, 0.717) is 5.69 Å². The Hall–Kier alpha value is -2.09. The molecule has 30 heavy (non-hydrogen) atoms. The Bertz CT molecular complexity index is 1020. The van der Waals surface area contributed by atoms with Crippen LogP contribution in [0.2, 0.25) is 5.02 Å². The van der Waals surface area contributed by atoms with E-state index in [-0.39, 0.29) is 34.2 Å². The highest BCUT2D eigenvalue weighted by Gasteiger charge is 2.22. The molecular formula is C22H27ClN2O4S. The first-order valence-electron chi connectivity index (χ1n) is 10.1. The number of hydrogen-bond donors (Lipinski definition) is 2. The number of benzene rings is 2. The fourth-order valence-electron chi connectivity index (χ4n) is 3.43. The van der Waals surface area contributed by atoms with Gasteiger partial charge in [-0.1, -0.05) is 36.9 Å². The van der Waals surface area contributed by atoms with Gasteiger partial charge in [-0.3, -0.25) is 4.79 Å². The van der Waals surface area contributed by atoms with Crippen molar-refractivity contribution in [3.63, 3.8) is 0 Å². The molecule has 3 rings (SSSR count). The third kappa shape index (κ3) is 5.97. The maximum atomic E-state index is 12.6. The van der Waals surface area contributed by atoms with E-state index in [1.165, 1.54) is 18.2 Å². The van der Waals surface area contributed by atoms with Crippen LogP contribution in [0.4, 0.5) is 5.69 Å². The maximum absolute atomic E-state index is 12.6. The predicted octanol–water partition coefficient (Wildman–Crippen LogP) is 4.59. The fraction of sp³-hybridized carbons (Fsp3) is 0.409. The number of rotatable bonds is 7. The number of halogens is 1. The molecule has 0 unspecified atom stereocenters. The minimum Gasteiger partial charge on any atom is -0.482 e. The van der Waals surface area contributed by atoms with Crippen LogP contribution in [0, 0.1) is 13.8 Å². The molecule has 2 aromatic carbocycles. The van der Waals surface area contributed by atoms with Gasteiger partial charge in [0.1, 0.15) is 5.75 Å². The molecule has 0 bridgehead atoms. The average molecular weight is 451 g/mol. The van der Waals surface area contributed by atoms with Crippen molar-refractivity contribution in [2.45, 2.75) is 56.9 Å². The summed E-state index contributed by atoms with van der Waals surface area (Å²) >= 11 is 6.21. The second-order valence-electron chi connectivity index (χ2n) is 7.68. The van der Waals surface area contributed by atoms with Gasteiger partial charge < -0.3 is 10.1 Å². The highest BCUT2D eigenvalue weighted by atomic mass is 35.5. The molecule has 0 atom stereocenters. The third-order valence-corrected chi connectivity index (χ3v) is 7.10. The lowest BCUT2D eigenvalue weighted by atomic mass is 9.96. The molecule has 2 aromatic rings. The van der Waals surface area contributed by atoms with Crippen LogP contribution < -0.4 is 14.8 Å². The Kier molecular flexibility index (Phi) is 7.39. The van der Waals surface area contributed by atoms with E-state index in [4.69, 9.17) is 16.3 Å². The van der Waals surface area contributed by atoms with Gasteiger partial charge >= 0.3 is 0 Å². The van der Waals surface area contributed by atoms with Gasteiger partial charge in [-0.2, -0.15) is 0 Å². The zero-order chi connectivity index (χ0) is 21.7. The van der Waals surface area contributed by atoms with Crippen LogP contribution in [0.15, 0.2) is 41.3 Å². The number of sulfonamides is 1. The largest absolute Gasteiger partial charge is 0.482 e. The Morgan fingerprint density at radius 1 is 1.07 bits per heavy atom. The summed E-state index contributed by atoms with van der Waals surface area (Å²) in [4.78, 5) is 12.2. The summed E-state index contributed by atoms with van der Waals surface area (Å²) in [6.07, 6.45) is 4.91. The SMILES string of the molecule is Cc1ccc(NC(=O)COc2ccc(S(=O)(=O)NC3CCCCC3)cc2Cl)cc1C. The van der Waals surface area contributed by atoms with Gasteiger partial charge in [-0.05, 0) is 68.1 Å². The first-order chi connectivity index (χ1) is 14.2. The van der Waals surface area contributed by atoms with Gasteiger partial charge in [-0.25, -0.2) is 13.1 Å². The summed E-state index contributed by atoms with van der Waals surface area (Å²) in [6.45, 7) is 3.74. The monoisotopic (exact) mass is 450 g/mol. The maximum Gasteiger partial charge on any atom is 0.262 e. The quantitative estimate of drug-likeness (QED) is 0.646. The lowest BCUT2D eigenvalue weighted by Crippen LogP contribution is -2.36. The van der Waals surface area contributed by atoms with Crippen LogP contribution >= 0.6 is 11.6 Å². The van der Waals surface area contributed by atoms with Crippen LogP contribution in [-0.4, -0.2) is 27.0 Å². The molecular weight excluding hydrogens is 424 g/mol. The van der Waals surface area contributed by atoms with Gasteiger partial charge in [-0.15, -0.1) is 0 Å². The lowest BCUT2D eigenvalue weighted by molar-refractivity contribution is -0.118. The molecule has 1 saturated carbocycles. The number of hydrogen-bond acceptors (Lipinski definition) is 4. The van der Waals surface area contributed by atoms with Crippen LogP contribution in [0.3, 0.4) is 0 Å². The molecule has 162 valence electrons. The molecule has 2 N–H and O–H groups in total. The molecule has 8 heteroatoms. The first kappa shape index (κ1) is 22.6. The Morgan fingerprint density at radius 2 is 1.80 bits per heavy atom. The van der Waals surface area contributed by atoms with Crippen molar-refractivity contribution in [2.24, 2.45) is 0 Å². The minimum absolute atomic E-state index is 0.0347. The summed E-state index contributed by atoms with van der Waals surface area (Å²) in [5, 5.41) is 2.91. The van der Waals surface area contributed by atoms with Gasteiger partial charge in [0, 0.05) is 11.7 Å². The number of amides is 1. The molecule has 1 aliphatic rings. The lowest BCUT2D eigenvalue weighted by Gasteiger charge is -2.22. The fourth-order valence-corrected chi connectivity index (χ4v) is 5.06. The highest BCUT2D eigenvalue weighted by molar-refractivity contribution is 7.89. The van der Waals surface area contributed by atoms with Crippen molar-refractivity contribution in [3.05, 3.63) is 52.5 Å². The molecule has 1 aliphatic carbocycles. The predicted molar refractivity (Wildman–Crippen MR) is 119 cm³/mol. The summed E-state index contributed by atoms with van der Waals surface area (Å²) in [7, 11) is -3.65. The number of nitrogens with one attached hydrogen (secondary N) is 2. The van der Waals surface area contributed by atoms with Crippen molar-refractivity contribution in [3.8, 4) is 5.75 Å². The normalized spacial score (nSPS) is 15.0. The van der Waals surface area contributed by atoms with E-state index in [1.807, 2.05) is 32.0 Å². The van der Waals surface area contributed by atoms with E-state index >= 15 is 0 Å². The Labute approximate surface area is 183 Å². The third-order valence-electron chi connectivity index (χ3n) is 5.29. The number of ether oxygens (including phenoxy) is 1. The molecule has 0 heterocycles. The molecule has 1 amide bonds. The molecule has 0 radical (unpaired) electrons. The number of carbonyl (C=O) groups excluding carboxylic acids is 1. The van der Waals surface area contributed by atoms with Gasteiger partial charge in [0.2, 0.25) is 10.0 Å². The van der Waals surface area contributed by atoms with E-state index in [9.17, 15) is 13.2 Å². The van der Waals surface area contributed by atoms with Crippen molar-refractivity contribution < 1.29 is 17.9 Å². The summed E-state index contributed by atoms with van der Waals surface area (Å²) in [5.41, 5.74) is 2.91. The zero-order valence-electron chi connectivity index (χ0n) is 17.2. The van der Waals surface area contributed by atoms with Crippen molar-refractivity contribution in [1.29, 1.82) is 0 Å². The smallest absolute Gasteiger partial charge is 0.262 e. The second kappa shape index (κ2) is 9.81. The van der Waals surface area contributed by atoms with Crippen molar-refractivity contribution >= 4 is 33.2 Å². The van der Waals surface area contributed by atoms with E-state index in [2.05, 4.69) is 10.0 Å². The summed E-state index contributed by atoms with van der Waals surface area (Å²) < 4.78 is 33.5. The molecule has 0 aliphatic heterocycles. The van der Waals surface area contributed by atoms with E-state index in [1.54, 1.807) is 0 Å². The van der Waals surface area contributed by atoms with E-state index in [0.717, 1.165) is 43.2 Å². The number of anilines is 1.